The predicted molar refractivity (Wildman–Crippen MR) is 38.6 cm³/mol. The number of hydrogen-bond acceptors (Lipinski definition) is 2. The number of aromatic carboxylic acids is 1. The number of aromatic nitrogens is 1. The average Bonchev–Trinajstić information content (AvgIpc) is 2.04. The van der Waals surface area contributed by atoms with Gasteiger partial charge in [-0.05, 0) is 12.1 Å². The van der Waals surface area contributed by atoms with E-state index in [0.29, 0.717) is 0 Å². The lowest BCUT2D eigenvalue weighted by Crippen LogP contribution is -2.51. The molecule has 0 fully saturated rings. The molecule has 0 aliphatic carbocycles. The van der Waals surface area contributed by atoms with Crippen LogP contribution in [0.25, 0.3) is 0 Å². The highest BCUT2D eigenvalue weighted by Crippen LogP contribution is 1.89. The maximum atomic E-state index is 10.6. The van der Waals surface area contributed by atoms with Crippen LogP contribution in [0.15, 0.2) is 24.4 Å². The fourth-order valence-electron chi connectivity index (χ4n) is 0.810. The number of carbonyl (C=O) groups excluding carboxylic acids is 1. The predicted octanol–water partition coefficient (Wildman–Crippen LogP) is -0.401. The van der Waals surface area contributed by atoms with E-state index in [0.717, 1.165) is 4.57 Å². The lowest BCUT2D eigenvalue weighted by Gasteiger charge is -1.95. The summed E-state index contributed by atoms with van der Waals surface area (Å²) in [5.74, 6) is -1.19. The molecule has 0 aromatic carbocycles. The van der Waals surface area contributed by atoms with Gasteiger partial charge in [0.25, 0.3) is 0 Å². The molecular weight excluding hydrogens is 160 g/mol. The van der Waals surface area contributed by atoms with Crippen molar-refractivity contribution in [2.75, 3.05) is 0 Å². The van der Waals surface area contributed by atoms with Gasteiger partial charge >= 0.3 is 12.0 Å². The van der Waals surface area contributed by atoms with E-state index >= 15 is 0 Å². The zero-order chi connectivity index (χ0) is 9.14. The van der Waals surface area contributed by atoms with Crippen LogP contribution in [-0.4, -0.2) is 17.1 Å². The molecule has 5 heteroatoms. The van der Waals surface area contributed by atoms with Gasteiger partial charge in [0.05, 0.1) is 0 Å². The Kier molecular flexibility index (Phi) is 2.05. The number of nitrogens with zero attached hydrogens (tertiary/aromatic N) is 1. The number of primary amides is 1. The summed E-state index contributed by atoms with van der Waals surface area (Å²) >= 11 is 0. The molecule has 0 saturated carbocycles. The fourth-order valence-corrected chi connectivity index (χ4v) is 0.810. The van der Waals surface area contributed by atoms with Crippen molar-refractivity contribution in [2.45, 2.75) is 0 Å². The van der Waals surface area contributed by atoms with Crippen molar-refractivity contribution in [3.63, 3.8) is 0 Å². The second-order valence-electron chi connectivity index (χ2n) is 2.10. The maximum Gasteiger partial charge on any atom is 0.494 e. The van der Waals surface area contributed by atoms with Crippen molar-refractivity contribution in [3.8, 4) is 0 Å². The summed E-state index contributed by atoms with van der Waals surface area (Å²) in [5.41, 5.74) is 4.76. The highest BCUT2D eigenvalue weighted by molar-refractivity contribution is 5.85. The fraction of sp³-hybridized carbons (Fsp3) is 0. The Morgan fingerprint density at radius 1 is 1.42 bits per heavy atom. The van der Waals surface area contributed by atoms with Crippen LogP contribution in [0.2, 0.25) is 0 Å². The molecule has 5 nitrogen and oxygen atoms in total. The minimum atomic E-state index is -1.19. The molecule has 0 unspecified atom stereocenters. The zero-order valence-corrected chi connectivity index (χ0v) is 6.10. The van der Waals surface area contributed by atoms with E-state index in [4.69, 9.17) is 10.8 Å². The SMILES string of the molecule is NC(=O)[n+]1ccccc1C(=O)O. The molecule has 1 heterocycles. The quantitative estimate of drug-likeness (QED) is 0.558. The molecule has 0 aliphatic heterocycles. The first kappa shape index (κ1) is 8.19. The summed E-state index contributed by atoms with van der Waals surface area (Å²) in [4.78, 5) is 21.1. The topological polar surface area (TPSA) is 84.3 Å². The van der Waals surface area contributed by atoms with E-state index in [1.807, 2.05) is 0 Å². The Balaban J connectivity index is 3.27. The monoisotopic (exact) mass is 167 g/mol. The maximum absolute atomic E-state index is 10.6. The number of rotatable bonds is 1. The van der Waals surface area contributed by atoms with Gasteiger partial charge in [-0.1, -0.05) is 6.07 Å². The first-order valence-electron chi connectivity index (χ1n) is 3.16. The van der Waals surface area contributed by atoms with Crippen LogP contribution in [-0.2, 0) is 0 Å². The van der Waals surface area contributed by atoms with Gasteiger partial charge in [0.15, 0.2) is 0 Å². The highest BCUT2D eigenvalue weighted by atomic mass is 16.4. The molecule has 12 heavy (non-hydrogen) atoms. The average molecular weight is 167 g/mol. The van der Waals surface area contributed by atoms with E-state index in [1.54, 1.807) is 0 Å². The van der Waals surface area contributed by atoms with Gasteiger partial charge in [-0.15, -0.1) is 0 Å². The van der Waals surface area contributed by atoms with Crippen molar-refractivity contribution in [1.82, 2.24) is 0 Å². The standard InChI is InChI=1S/C7H6N2O3/c8-7(12)9-4-2-1-3-5(9)6(10)11/h1-4H,(H2-,8,10,11,12)/p+1. The molecular formula is C7H7N2O3+. The normalized spacial score (nSPS) is 9.33. The summed E-state index contributed by atoms with van der Waals surface area (Å²) in [7, 11) is 0. The number of hydrogen-bond donors (Lipinski definition) is 2. The van der Waals surface area contributed by atoms with Crippen LogP contribution in [0.1, 0.15) is 10.5 Å². The van der Waals surface area contributed by atoms with Gasteiger partial charge in [0, 0.05) is 0 Å². The Morgan fingerprint density at radius 3 is 2.50 bits per heavy atom. The van der Waals surface area contributed by atoms with Gasteiger partial charge in [-0.25, -0.2) is 4.79 Å². The van der Waals surface area contributed by atoms with Crippen molar-refractivity contribution in [3.05, 3.63) is 30.1 Å². The molecule has 1 aromatic heterocycles. The molecule has 1 aromatic rings. The molecule has 0 atom stereocenters. The zero-order valence-electron chi connectivity index (χ0n) is 6.10. The largest absolute Gasteiger partial charge is 0.494 e. The van der Waals surface area contributed by atoms with Gasteiger partial charge in [-0.2, -0.15) is 9.36 Å². The Morgan fingerprint density at radius 2 is 2.08 bits per heavy atom. The second-order valence-corrected chi connectivity index (χ2v) is 2.10. The number of carboxylic acids is 1. The van der Waals surface area contributed by atoms with Crippen LogP contribution in [0.4, 0.5) is 4.79 Å². The van der Waals surface area contributed by atoms with E-state index in [1.165, 1.54) is 24.4 Å². The molecule has 1 rings (SSSR count). The van der Waals surface area contributed by atoms with Crippen molar-refractivity contribution in [2.24, 2.45) is 5.73 Å². The van der Waals surface area contributed by atoms with Crippen LogP contribution >= 0.6 is 0 Å². The van der Waals surface area contributed by atoms with E-state index in [2.05, 4.69) is 0 Å². The van der Waals surface area contributed by atoms with Crippen molar-refractivity contribution >= 4 is 12.0 Å². The minimum Gasteiger partial charge on any atom is -0.475 e. The summed E-state index contributed by atoms with van der Waals surface area (Å²) < 4.78 is 0.863. The Labute approximate surface area is 68.0 Å². The summed E-state index contributed by atoms with van der Waals surface area (Å²) in [6.07, 6.45) is 1.30. The number of carbonyl (C=O) groups is 2. The van der Waals surface area contributed by atoms with E-state index < -0.39 is 12.0 Å². The van der Waals surface area contributed by atoms with Crippen LogP contribution in [0.3, 0.4) is 0 Å². The third-order valence-electron chi connectivity index (χ3n) is 1.32. The van der Waals surface area contributed by atoms with Crippen LogP contribution < -0.4 is 10.3 Å². The molecule has 0 radical (unpaired) electrons. The summed E-state index contributed by atoms with van der Waals surface area (Å²) in [6, 6.07) is 3.53. The summed E-state index contributed by atoms with van der Waals surface area (Å²) in [6.45, 7) is 0. The van der Waals surface area contributed by atoms with Gasteiger partial charge in [0.2, 0.25) is 5.69 Å². The number of carboxylic acid groups (broad SMARTS) is 1. The molecule has 3 N–H and O–H groups in total. The molecule has 0 aliphatic rings. The van der Waals surface area contributed by atoms with Crippen molar-refractivity contribution in [1.29, 1.82) is 0 Å². The molecule has 62 valence electrons. The molecule has 0 saturated heterocycles. The number of amides is 1. The number of pyridine rings is 1. The third-order valence-corrected chi connectivity index (χ3v) is 1.32. The molecule has 1 amide bonds. The van der Waals surface area contributed by atoms with Crippen LogP contribution in [0.5, 0.6) is 0 Å². The lowest BCUT2D eigenvalue weighted by molar-refractivity contribution is -0.572. The summed E-state index contributed by atoms with van der Waals surface area (Å²) in [5, 5.41) is 8.59. The van der Waals surface area contributed by atoms with E-state index in [-0.39, 0.29) is 5.69 Å². The van der Waals surface area contributed by atoms with Gasteiger partial charge < -0.3 is 5.11 Å². The van der Waals surface area contributed by atoms with Crippen LogP contribution in [0, 0.1) is 0 Å². The van der Waals surface area contributed by atoms with Gasteiger partial charge in [-0.3, -0.25) is 5.73 Å². The smallest absolute Gasteiger partial charge is 0.475 e. The highest BCUT2D eigenvalue weighted by Gasteiger charge is 2.17. The number of nitrogens with two attached hydrogens (primary N) is 1. The second kappa shape index (κ2) is 3.00. The third kappa shape index (κ3) is 1.39. The van der Waals surface area contributed by atoms with Gasteiger partial charge in [0.1, 0.15) is 6.20 Å². The first-order chi connectivity index (χ1) is 5.63. The Hall–Kier alpha value is -1.91. The van der Waals surface area contributed by atoms with E-state index in [9.17, 15) is 9.59 Å². The molecule has 0 spiro atoms. The Bertz CT molecular complexity index is 302. The first-order valence-corrected chi connectivity index (χ1v) is 3.16. The lowest BCUT2D eigenvalue weighted by atomic mass is 10.3. The molecule has 0 bridgehead atoms. The van der Waals surface area contributed by atoms with Crippen molar-refractivity contribution < 1.29 is 19.3 Å². The minimum absolute atomic E-state index is 0.148.